The molecule has 0 atom stereocenters. The fourth-order valence-corrected chi connectivity index (χ4v) is 1.54. The van der Waals surface area contributed by atoms with E-state index in [2.05, 4.69) is 15.6 Å². The first kappa shape index (κ1) is 10.5. The third-order valence-corrected chi connectivity index (χ3v) is 2.35. The minimum Gasteiger partial charge on any atom is -0.361 e. The molecule has 16 heavy (non-hydrogen) atoms. The number of anilines is 1. The van der Waals surface area contributed by atoms with E-state index in [9.17, 15) is 4.79 Å². The van der Waals surface area contributed by atoms with Gasteiger partial charge >= 0.3 is 6.03 Å². The number of carbonyl (C=O) groups is 1. The molecule has 1 heterocycles. The van der Waals surface area contributed by atoms with E-state index in [1.807, 2.05) is 37.4 Å². The molecule has 0 saturated heterocycles. The van der Waals surface area contributed by atoms with Crippen LogP contribution in [0.25, 0.3) is 10.9 Å². The predicted molar refractivity (Wildman–Crippen MR) is 65.6 cm³/mol. The molecule has 0 saturated carbocycles. The quantitative estimate of drug-likeness (QED) is 0.727. The number of fused-ring (bicyclic) bond motifs is 1. The van der Waals surface area contributed by atoms with Gasteiger partial charge in [0.1, 0.15) is 0 Å². The molecule has 0 spiro atoms. The maximum absolute atomic E-state index is 11.4. The van der Waals surface area contributed by atoms with Crippen molar-refractivity contribution in [3.05, 3.63) is 30.5 Å². The lowest BCUT2D eigenvalue weighted by Crippen LogP contribution is -2.29. The Morgan fingerprint density at radius 3 is 3.06 bits per heavy atom. The molecule has 0 radical (unpaired) electrons. The highest BCUT2D eigenvalue weighted by molar-refractivity contribution is 5.92. The first-order valence-electron chi connectivity index (χ1n) is 5.41. The number of hydrogen-bond acceptors (Lipinski definition) is 1. The molecule has 1 aromatic carbocycles. The first-order valence-corrected chi connectivity index (χ1v) is 5.41. The Morgan fingerprint density at radius 2 is 2.25 bits per heavy atom. The Bertz CT molecular complexity index is 490. The van der Waals surface area contributed by atoms with Gasteiger partial charge in [-0.25, -0.2) is 4.79 Å². The third-order valence-electron chi connectivity index (χ3n) is 2.35. The minimum absolute atomic E-state index is 0.156. The van der Waals surface area contributed by atoms with E-state index in [1.165, 1.54) is 0 Å². The second-order valence-electron chi connectivity index (χ2n) is 3.66. The van der Waals surface area contributed by atoms with Crippen molar-refractivity contribution in [2.24, 2.45) is 0 Å². The van der Waals surface area contributed by atoms with Crippen LogP contribution in [0.1, 0.15) is 13.3 Å². The molecule has 2 rings (SSSR count). The summed E-state index contributed by atoms with van der Waals surface area (Å²) in [7, 11) is 0. The highest BCUT2D eigenvalue weighted by Crippen LogP contribution is 2.17. The van der Waals surface area contributed by atoms with Crippen molar-refractivity contribution in [1.82, 2.24) is 10.3 Å². The van der Waals surface area contributed by atoms with Crippen molar-refractivity contribution in [3.8, 4) is 0 Å². The smallest absolute Gasteiger partial charge is 0.319 e. The molecule has 0 aliphatic rings. The van der Waals surface area contributed by atoms with Gasteiger partial charge in [0, 0.05) is 29.3 Å². The first-order chi connectivity index (χ1) is 7.79. The molecule has 0 fully saturated rings. The van der Waals surface area contributed by atoms with Crippen LogP contribution in [0.5, 0.6) is 0 Å². The van der Waals surface area contributed by atoms with Crippen molar-refractivity contribution < 1.29 is 4.79 Å². The van der Waals surface area contributed by atoms with Gasteiger partial charge in [0.2, 0.25) is 0 Å². The maximum atomic E-state index is 11.4. The molecule has 0 unspecified atom stereocenters. The zero-order chi connectivity index (χ0) is 11.4. The van der Waals surface area contributed by atoms with Crippen LogP contribution in [0.2, 0.25) is 0 Å². The number of amides is 2. The Hall–Kier alpha value is -1.97. The van der Waals surface area contributed by atoms with Gasteiger partial charge in [-0.1, -0.05) is 6.92 Å². The molecule has 84 valence electrons. The van der Waals surface area contributed by atoms with Crippen LogP contribution in [0, 0.1) is 0 Å². The second kappa shape index (κ2) is 4.70. The summed E-state index contributed by atoms with van der Waals surface area (Å²) in [5.41, 5.74) is 1.88. The van der Waals surface area contributed by atoms with E-state index >= 15 is 0 Å². The number of urea groups is 1. The van der Waals surface area contributed by atoms with E-state index in [0.717, 1.165) is 23.0 Å². The van der Waals surface area contributed by atoms with Gasteiger partial charge in [0.15, 0.2) is 0 Å². The van der Waals surface area contributed by atoms with Crippen LogP contribution in [-0.2, 0) is 0 Å². The lowest BCUT2D eigenvalue weighted by atomic mass is 10.2. The summed E-state index contributed by atoms with van der Waals surface area (Å²) in [4.78, 5) is 14.5. The summed E-state index contributed by atoms with van der Waals surface area (Å²) in [5.74, 6) is 0. The molecule has 1 aromatic heterocycles. The minimum atomic E-state index is -0.156. The number of carbonyl (C=O) groups excluding carboxylic acids is 1. The van der Waals surface area contributed by atoms with E-state index in [0.29, 0.717) is 6.54 Å². The van der Waals surface area contributed by atoms with Gasteiger partial charge in [-0.2, -0.15) is 0 Å². The molecule has 0 bridgehead atoms. The molecule has 0 aliphatic heterocycles. The molecule has 2 aromatic rings. The lowest BCUT2D eigenvalue weighted by Gasteiger charge is -2.06. The largest absolute Gasteiger partial charge is 0.361 e. The summed E-state index contributed by atoms with van der Waals surface area (Å²) < 4.78 is 0. The third kappa shape index (κ3) is 2.34. The van der Waals surface area contributed by atoms with E-state index in [1.54, 1.807) is 0 Å². The number of H-pyrrole nitrogens is 1. The molecule has 4 heteroatoms. The van der Waals surface area contributed by atoms with Gasteiger partial charge in [-0.3, -0.25) is 0 Å². The van der Waals surface area contributed by atoms with Gasteiger partial charge in [-0.05, 0) is 30.7 Å². The van der Waals surface area contributed by atoms with Crippen molar-refractivity contribution in [3.63, 3.8) is 0 Å². The topological polar surface area (TPSA) is 56.9 Å². The van der Waals surface area contributed by atoms with Gasteiger partial charge in [0.05, 0.1) is 0 Å². The zero-order valence-corrected chi connectivity index (χ0v) is 9.21. The number of nitrogens with one attached hydrogen (secondary N) is 3. The predicted octanol–water partition coefficient (Wildman–Crippen LogP) is 2.70. The van der Waals surface area contributed by atoms with Crippen molar-refractivity contribution >= 4 is 22.6 Å². The fourth-order valence-electron chi connectivity index (χ4n) is 1.54. The fraction of sp³-hybridized carbons (Fsp3) is 0.250. The van der Waals surface area contributed by atoms with Crippen LogP contribution < -0.4 is 10.6 Å². The van der Waals surface area contributed by atoms with E-state index in [-0.39, 0.29) is 6.03 Å². The highest BCUT2D eigenvalue weighted by Gasteiger charge is 2.01. The van der Waals surface area contributed by atoms with Gasteiger partial charge in [-0.15, -0.1) is 0 Å². The maximum Gasteiger partial charge on any atom is 0.319 e. The van der Waals surface area contributed by atoms with Crippen LogP contribution in [0.4, 0.5) is 10.5 Å². The van der Waals surface area contributed by atoms with Crippen LogP contribution in [0.3, 0.4) is 0 Å². The van der Waals surface area contributed by atoms with Crippen molar-refractivity contribution in [2.45, 2.75) is 13.3 Å². The summed E-state index contributed by atoms with van der Waals surface area (Å²) >= 11 is 0. The van der Waals surface area contributed by atoms with Crippen molar-refractivity contribution in [2.75, 3.05) is 11.9 Å². The SMILES string of the molecule is CCCNC(=O)Nc1ccc2[nH]ccc2c1. The summed E-state index contributed by atoms with van der Waals surface area (Å²) in [6.07, 6.45) is 2.82. The van der Waals surface area contributed by atoms with Crippen LogP contribution in [-0.4, -0.2) is 17.6 Å². The molecular formula is C12H15N3O. The standard InChI is InChI=1S/C12H15N3O/c1-2-6-14-12(16)15-10-3-4-11-9(8-10)5-7-13-11/h3-5,7-8,13H,2,6H2,1H3,(H2,14,15,16). The number of aromatic amines is 1. The monoisotopic (exact) mass is 217 g/mol. The Kier molecular flexibility index (Phi) is 3.10. The second-order valence-corrected chi connectivity index (χ2v) is 3.66. The normalized spacial score (nSPS) is 10.3. The summed E-state index contributed by atoms with van der Waals surface area (Å²) in [5, 5.41) is 6.65. The number of benzene rings is 1. The van der Waals surface area contributed by atoms with Gasteiger partial charge < -0.3 is 15.6 Å². The average Bonchev–Trinajstić information content (AvgIpc) is 2.73. The number of rotatable bonds is 3. The Balaban J connectivity index is 2.06. The molecular weight excluding hydrogens is 202 g/mol. The molecule has 3 N–H and O–H groups in total. The van der Waals surface area contributed by atoms with Crippen molar-refractivity contribution in [1.29, 1.82) is 0 Å². The van der Waals surface area contributed by atoms with E-state index < -0.39 is 0 Å². The molecule has 0 aliphatic carbocycles. The zero-order valence-electron chi connectivity index (χ0n) is 9.21. The Morgan fingerprint density at radius 1 is 1.38 bits per heavy atom. The number of aromatic nitrogens is 1. The lowest BCUT2D eigenvalue weighted by molar-refractivity contribution is 0.252. The highest BCUT2D eigenvalue weighted by atomic mass is 16.2. The molecule has 2 amide bonds. The number of hydrogen-bond donors (Lipinski definition) is 3. The van der Waals surface area contributed by atoms with E-state index in [4.69, 9.17) is 0 Å². The van der Waals surface area contributed by atoms with Gasteiger partial charge in [0.25, 0.3) is 0 Å². The summed E-state index contributed by atoms with van der Waals surface area (Å²) in [6.45, 7) is 2.71. The average molecular weight is 217 g/mol. The summed E-state index contributed by atoms with van der Waals surface area (Å²) in [6, 6.07) is 7.59. The molecule has 4 nitrogen and oxygen atoms in total. The Labute approximate surface area is 94.0 Å². The van der Waals surface area contributed by atoms with Crippen LogP contribution >= 0.6 is 0 Å². The van der Waals surface area contributed by atoms with Crippen LogP contribution in [0.15, 0.2) is 30.5 Å².